The Bertz CT molecular complexity index is 933. The van der Waals surface area contributed by atoms with Crippen LogP contribution in [0.3, 0.4) is 0 Å². The van der Waals surface area contributed by atoms with Crippen molar-refractivity contribution < 1.29 is 75.9 Å². The number of ether oxygens (including phenoxy) is 2. The summed E-state index contributed by atoms with van der Waals surface area (Å²) in [5, 5.41) is 21.5. The first-order valence-electron chi connectivity index (χ1n) is 8.91. The zero-order valence-electron chi connectivity index (χ0n) is 17.4. The molecule has 0 unspecified atom stereocenters. The fourth-order valence-electron chi connectivity index (χ4n) is 2.22. The van der Waals surface area contributed by atoms with Gasteiger partial charge < -0.3 is 19.7 Å². The molecule has 0 spiro atoms. The van der Waals surface area contributed by atoms with E-state index < -0.39 is 11.6 Å². The number of hydrogen-bond acceptors (Lipinski definition) is 6. The number of nitrogens with zero attached hydrogens (tertiary/aromatic N) is 1. The Labute approximate surface area is 213 Å². The smallest absolute Gasteiger partial charge is 0.850 e. The number of pyridine rings is 1. The third kappa shape index (κ3) is 8.42. The van der Waals surface area contributed by atoms with Gasteiger partial charge in [-0.25, -0.2) is 9.78 Å². The minimum atomic E-state index is -0.750. The summed E-state index contributed by atoms with van der Waals surface area (Å²) in [6.07, 6.45) is 1.51. The monoisotopic (exact) mass is 421 g/mol. The average molecular weight is 422 g/mol. The minimum absolute atomic E-state index is 0. The second-order valence-corrected chi connectivity index (χ2v) is 6.95. The third-order valence-electron chi connectivity index (χ3n) is 3.28. The third-order valence-corrected chi connectivity index (χ3v) is 3.28. The molecule has 0 atom stereocenters. The summed E-state index contributed by atoms with van der Waals surface area (Å²) in [4.78, 5) is 15.7. The molecule has 1 heterocycles. The standard InChI is InChI=1S/C18H15NO4.C4H9O.K/c1-2-22-18(21)16-17(20)15-9-8-14(10-12(15)11-19-16)23-13-6-4-3-5-7-13;1-4(2,3)5;/h3-11,20H,2H2,1H3;1-3H3;/q;-1;+1. The first kappa shape index (κ1) is 25.6. The Morgan fingerprint density at radius 1 is 1.10 bits per heavy atom. The summed E-state index contributed by atoms with van der Waals surface area (Å²) >= 11 is 0. The largest absolute Gasteiger partial charge is 1.00 e. The molecule has 0 amide bonds. The topological polar surface area (TPSA) is 91.7 Å². The van der Waals surface area contributed by atoms with Crippen LogP contribution in [0.4, 0.5) is 0 Å². The summed E-state index contributed by atoms with van der Waals surface area (Å²) in [7, 11) is 0. The van der Waals surface area contributed by atoms with Crippen LogP contribution in [-0.2, 0) is 4.74 Å². The Morgan fingerprint density at radius 2 is 1.72 bits per heavy atom. The van der Waals surface area contributed by atoms with Gasteiger partial charge in [-0.2, -0.15) is 0 Å². The molecule has 148 valence electrons. The zero-order valence-corrected chi connectivity index (χ0v) is 20.6. The van der Waals surface area contributed by atoms with Crippen LogP contribution in [0.1, 0.15) is 38.2 Å². The first-order valence-corrected chi connectivity index (χ1v) is 8.91. The van der Waals surface area contributed by atoms with Crippen LogP contribution in [0.2, 0.25) is 0 Å². The SMILES string of the molecule is CC(C)(C)[O-].CCOC(=O)c1ncc2cc(Oc3ccccc3)ccc2c1O.[K+]. The van der Waals surface area contributed by atoms with E-state index in [0.29, 0.717) is 22.3 Å². The van der Waals surface area contributed by atoms with Crippen molar-refractivity contribution in [2.75, 3.05) is 6.61 Å². The fraction of sp³-hybridized carbons (Fsp3) is 0.273. The van der Waals surface area contributed by atoms with Gasteiger partial charge in [-0.05, 0) is 37.3 Å². The van der Waals surface area contributed by atoms with Crippen LogP contribution < -0.4 is 61.2 Å². The van der Waals surface area contributed by atoms with Crippen molar-refractivity contribution in [1.29, 1.82) is 0 Å². The molecule has 0 saturated carbocycles. The van der Waals surface area contributed by atoms with Crippen molar-refractivity contribution >= 4 is 16.7 Å². The van der Waals surface area contributed by atoms with Crippen LogP contribution >= 0.6 is 0 Å². The molecule has 0 fully saturated rings. The maximum atomic E-state index is 11.7. The summed E-state index contributed by atoms with van der Waals surface area (Å²) in [6.45, 7) is 6.82. The predicted molar refractivity (Wildman–Crippen MR) is 106 cm³/mol. The van der Waals surface area contributed by atoms with Crippen LogP contribution in [-0.4, -0.2) is 28.3 Å². The van der Waals surface area contributed by atoms with Crippen molar-refractivity contribution in [2.45, 2.75) is 33.3 Å². The molecule has 0 aliphatic carbocycles. The molecular weight excluding hydrogens is 397 g/mol. The minimum Gasteiger partial charge on any atom is -0.850 e. The number of fused-ring (bicyclic) bond motifs is 1. The van der Waals surface area contributed by atoms with Crippen molar-refractivity contribution in [3.63, 3.8) is 0 Å². The number of para-hydroxylation sites is 1. The van der Waals surface area contributed by atoms with Gasteiger partial charge in [-0.3, -0.25) is 0 Å². The Morgan fingerprint density at radius 3 is 2.31 bits per heavy atom. The summed E-state index contributed by atoms with van der Waals surface area (Å²) < 4.78 is 10.6. The van der Waals surface area contributed by atoms with Crippen molar-refractivity contribution in [3.8, 4) is 17.2 Å². The molecule has 7 heteroatoms. The van der Waals surface area contributed by atoms with Crippen LogP contribution in [0.15, 0.2) is 54.7 Å². The molecule has 0 saturated heterocycles. The van der Waals surface area contributed by atoms with E-state index in [1.54, 1.807) is 45.9 Å². The van der Waals surface area contributed by atoms with Gasteiger partial charge in [-0.15, -0.1) is 5.60 Å². The molecule has 3 rings (SSSR count). The van der Waals surface area contributed by atoms with Gasteiger partial charge in [0.05, 0.1) is 6.61 Å². The molecule has 0 aliphatic heterocycles. The van der Waals surface area contributed by atoms with Gasteiger partial charge in [0.2, 0.25) is 0 Å². The summed E-state index contributed by atoms with van der Waals surface area (Å²) in [6, 6.07) is 14.5. The van der Waals surface area contributed by atoms with Gasteiger partial charge in [0.15, 0.2) is 11.4 Å². The van der Waals surface area contributed by atoms with E-state index in [1.807, 2.05) is 30.3 Å². The Balaban J connectivity index is 0.000000628. The van der Waals surface area contributed by atoms with Gasteiger partial charge in [0.25, 0.3) is 0 Å². The Hall–Kier alpha value is -1.48. The number of rotatable bonds is 4. The number of carbonyl (C=O) groups is 1. The van der Waals surface area contributed by atoms with E-state index in [2.05, 4.69) is 4.98 Å². The molecule has 1 aromatic heterocycles. The van der Waals surface area contributed by atoms with E-state index in [9.17, 15) is 15.0 Å². The van der Waals surface area contributed by atoms with E-state index in [4.69, 9.17) is 9.47 Å². The molecule has 3 aromatic rings. The zero-order chi connectivity index (χ0) is 20.7. The number of aromatic nitrogens is 1. The van der Waals surface area contributed by atoms with Crippen molar-refractivity contribution in [3.05, 3.63) is 60.4 Å². The molecule has 0 radical (unpaired) electrons. The summed E-state index contributed by atoms with van der Waals surface area (Å²) in [5.41, 5.74) is -0.837. The van der Waals surface area contributed by atoms with E-state index in [-0.39, 0.29) is 69.4 Å². The molecular formula is C22H24KNO5. The van der Waals surface area contributed by atoms with E-state index in [1.165, 1.54) is 6.20 Å². The van der Waals surface area contributed by atoms with Crippen molar-refractivity contribution in [2.24, 2.45) is 0 Å². The van der Waals surface area contributed by atoms with Gasteiger partial charge in [-0.1, -0.05) is 39.0 Å². The Kier molecular flexibility index (Phi) is 10.3. The first-order chi connectivity index (χ1) is 13.2. The predicted octanol–water partition coefficient (Wildman–Crippen LogP) is 1.06. The quantitative estimate of drug-likeness (QED) is 0.500. The van der Waals surface area contributed by atoms with Gasteiger partial charge in [0.1, 0.15) is 11.5 Å². The van der Waals surface area contributed by atoms with E-state index in [0.717, 1.165) is 0 Å². The number of hydrogen-bond donors (Lipinski definition) is 1. The maximum Gasteiger partial charge on any atom is 1.00 e. The molecule has 2 aromatic carbocycles. The number of esters is 1. The molecule has 29 heavy (non-hydrogen) atoms. The summed E-state index contributed by atoms with van der Waals surface area (Å²) in [5.74, 6) is 0.504. The molecule has 6 nitrogen and oxygen atoms in total. The fourth-order valence-corrected chi connectivity index (χ4v) is 2.22. The van der Waals surface area contributed by atoms with Crippen LogP contribution in [0, 0.1) is 0 Å². The molecule has 1 N–H and O–H groups in total. The number of carbonyl (C=O) groups excluding carboxylic acids is 1. The normalized spacial score (nSPS) is 10.4. The van der Waals surface area contributed by atoms with Crippen LogP contribution in [0.5, 0.6) is 17.2 Å². The molecule has 0 aliphatic rings. The van der Waals surface area contributed by atoms with Crippen molar-refractivity contribution in [1.82, 2.24) is 4.98 Å². The molecule has 0 bridgehead atoms. The second-order valence-electron chi connectivity index (χ2n) is 6.95. The second kappa shape index (κ2) is 11.6. The van der Waals surface area contributed by atoms with Gasteiger partial charge in [0, 0.05) is 17.0 Å². The average Bonchev–Trinajstić information content (AvgIpc) is 2.61. The van der Waals surface area contributed by atoms with E-state index >= 15 is 0 Å². The number of benzene rings is 2. The van der Waals surface area contributed by atoms with Crippen LogP contribution in [0.25, 0.3) is 10.8 Å². The number of aromatic hydroxyl groups is 1. The maximum absolute atomic E-state index is 11.7. The van der Waals surface area contributed by atoms with Gasteiger partial charge >= 0.3 is 57.4 Å².